The Hall–Kier alpha value is -3.08. The normalized spacial score (nSPS) is 11.1. The number of para-hydroxylation sites is 3. The van der Waals surface area contributed by atoms with Gasteiger partial charge in [0.25, 0.3) is 5.56 Å². The predicted molar refractivity (Wildman–Crippen MR) is 95.5 cm³/mol. The highest BCUT2D eigenvalue weighted by Gasteiger charge is 2.08. The second-order valence-electron chi connectivity index (χ2n) is 5.11. The monoisotopic (exact) mass is 322 g/mol. The Morgan fingerprint density at radius 2 is 1.96 bits per heavy atom. The molecule has 0 saturated carbocycles. The highest BCUT2D eigenvalue weighted by atomic mass is 16.5. The van der Waals surface area contributed by atoms with Crippen LogP contribution in [0.4, 0.5) is 0 Å². The summed E-state index contributed by atoms with van der Waals surface area (Å²) < 4.78 is 11.0. The molecule has 1 aromatic heterocycles. The highest BCUT2D eigenvalue weighted by molar-refractivity contribution is 5.78. The number of fused-ring (bicyclic) bond motifs is 1. The molecule has 0 aliphatic rings. The summed E-state index contributed by atoms with van der Waals surface area (Å²) in [6.07, 6.45) is 3.48. The molecule has 1 heterocycles. The number of nitrogens with one attached hydrogen (secondary N) is 1. The fourth-order valence-corrected chi connectivity index (χ4v) is 2.48. The van der Waals surface area contributed by atoms with Crippen LogP contribution in [-0.2, 0) is 0 Å². The van der Waals surface area contributed by atoms with E-state index in [-0.39, 0.29) is 5.56 Å². The zero-order chi connectivity index (χ0) is 16.9. The van der Waals surface area contributed by atoms with Gasteiger partial charge in [-0.2, -0.15) is 0 Å². The fourth-order valence-electron chi connectivity index (χ4n) is 2.48. The van der Waals surface area contributed by atoms with Crippen LogP contribution in [0.2, 0.25) is 0 Å². The lowest BCUT2D eigenvalue weighted by Gasteiger charge is -2.11. The lowest BCUT2D eigenvalue weighted by atomic mass is 10.1. The summed E-state index contributed by atoms with van der Waals surface area (Å²) in [6, 6.07) is 13.1. The van der Waals surface area contributed by atoms with Crippen molar-refractivity contribution in [3.63, 3.8) is 0 Å². The number of hydrogen-bond donors (Lipinski definition) is 1. The van der Waals surface area contributed by atoms with Gasteiger partial charge in [0, 0.05) is 5.56 Å². The number of H-pyrrole nitrogens is 1. The number of hydrogen-bond acceptors (Lipinski definition) is 4. The van der Waals surface area contributed by atoms with E-state index >= 15 is 0 Å². The third-order valence-electron chi connectivity index (χ3n) is 3.56. The second kappa shape index (κ2) is 7.00. The molecule has 5 heteroatoms. The molecular weight excluding hydrogens is 304 g/mol. The molecule has 0 radical (unpaired) electrons. The number of aromatic nitrogens is 2. The molecular formula is C19H18N2O3. The van der Waals surface area contributed by atoms with Crippen molar-refractivity contribution in [1.82, 2.24) is 9.97 Å². The fraction of sp³-hybridized carbons (Fsp3) is 0.158. The van der Waals surface area contributed by atoms with Gasteiger partial charge in [-0.3, -0.25) is 4.79 Å². The van der Waals surface area contributed by atoms with Crippen LogP contribution in [0.25, 0.3) is 23.2 Å². The largest absolute Gasteiger partial charge is 0.492 e. The average molecular weight is 322 g/mol. The number of nitrogens with zero attached hydrogens (tertiary/aromatic N) is 1. The van der Waals surface area contributed by atoms with Crippen molar-refractivity contribution in [3.8, 4) is 11.5 Å². The first-order valence-electron chi connectivity index (χ1n) is 7.70. The van der Waals surface area contributed by atoms with Crippen LogP contribution < -0.4 is 15.0 Å². The Balaban J connectivity index is 2.01. The number of methoxy groups -OCH3 is 1. The lowest BCUT2D eigenvalue weighted by Crippen LogP contribution is -2.11. The number of aromatic amines is 1. The van der Waals surface area contributed by atoms with Gasteiger partial charge in [-0.05, 0) is 37.3 Å². The standard InChI is InChI=1S/C19H18N2O3/c1-3-24-17-10-6-7-13(18(17)23-2)11-12-16-19(22)21-15-9-5-4-8-14(15)20-16/h4-12H,3H2,1-2H3,(H,21,22)/b12-11+. The quantitative estimate of drug-likeness (QED) is 0.781. The first-order chi connectivity index (χ1) is 11.7. The summed E-state index contributed by atoms with van der Waals surface area (Å²) in [6.45, 7) is 2.47. The van der Waals surface area contributed by atoms with Crippen LogP contribution in [0.5, 0.6) is 11.5 Å². The summed E-state index contributed by atoms with van der Waals surface area (Å²) in [5.41, 5.74) is 2.39. The van der Waals surface area contributed by atoms with Crippen molar-refractivity contribution in [1.29, 1.82) is 0 Å². The molecule has 2 aromatic carbocycles. The molecule has 1 N–H and O–H groups in total. The Morgan fingerprint density at radius 3 is 2.75 bits per heavy atom. The molecule has 122 valence electrons. The van der Waals surface area contributed by atoms with Gasteiger partial charge < -0.3 is 14.5 Å². The Kier molecular flexibility index (Phi) is 4.61. The van der Waals surface area contributed by atoms with E-state index in [9.17, 15) is 4.79 Å². The third kappa shape index (κ3) is 3.15. The molecule has 5 nitrogen and oxygen atoms in total. The van der Waals surface area contributed by atoms with Gasteiger partial charge in [-0.25, -0.2) is 4.98 Å². The minimum absolute atomic E-state index is 0.232. The SMILES string of the molecule is CCOc1cccc(/C=C/c2nc3ccccc3[nH]c2=O)c1OC. The molecule has 3 aromatic rings. The van der Waals surface area contributed by atoms with Gasteiger partial charge >= 0.3 is 0 Å². The van der Waals surface area contributed by atoms with Gasteiger partial charge in [-0.15, -0.1) is 0 Å². The average Bonchev–Trinajstić information content (AvgIpc) is 2.60. The summed E-state index contributed by atoms with van der Waals surface area (Å²) in [4.78, 5) is 19.4. The van der Waals surface area contributed by atoms with Crippen LogP contribution in [-0.4, -0.2) is 23.7 Å². The van der Waals surface area contributed by atoms with E-state index in [1.807, 2.05) is 49.4 Å². The van der Waals surface area contributed by atoms with E-state index in [0.29, 0.717) is 23.8 Å². The number of rotatable bonds is 5. The molecule has 0 saturated heterocycles. The molecule has 0 aliphatic heterocycles. The zero-order valence-corrected chi connectivity index (χ0v) is 13.6. The Labute approximate surface area is 139 Å². The first-order valence-corrected chi connectivity index (χ1v) is 7.70. The van der Waals surface area contributed by atoms with Crippen molar-refractivity contribution >= 4 is 23.2 Å². The van der Waals surface area contributed by atoms with Crippen molar-refractivity contribution in [3.05, 3.63) is 64.1 Å². The Bertz CT molecular complexity index is 945. The van der Waals surface area contributed by atoms with E-state index in [1.54, 1.807) is 19.3 Å². The van der Waals surface area contributed by atoms with Crippen LogP contribution in [0.1, 0.15) is 18.2 Å². The smallest absolute Gasteiger partial charge is 0.274 e. The second-order valence-corrected chi connectivity index (χ2v) is 5.11. The highest BCUT2D eigenvalue weighted by Crippen LogP contribution is 2.32. The summed E-state index contributed by atoms with van der Waals surface area (Å²) in [7, 11) is 1.59. The molecule has 3 rings (SSSR count). The van der Waals surface area contributed by atoms with Crippen LogP contribution in [0, 0.1) is 0 Å². The van der Waals surface area contributed by atoms with Crippen LogP contribution in [0.15, 0.2) is 47.3 Å². The van der Waals surface area contributed by atoms with Gasteiger partial charge in [0.1, 0.15) is 5.69 Å². The van der Waals surface area contributed by atoms with Gasteiger partial charge in [0.15, 0.2) is 11.5 Å². The molecule has 0 atom stereocenters. The predicted octanol–water partition coefficient (Wildman–Crippen LogP) is 3.50. The molecule has 0 bridgehead atoms. The van der Waals surface area contributed by atoms with E-state index in [4.69, 9.17) is 9.47 Å². The van der Waals surface area contributed by atoms with Crippen LogP contribution in [0.3, 0.4) is 0 Å². The van der Waals surface area contributed by atoms with E-state index in [2.05, 4.69) is 9.97 Å². The van der Waals surface area contributed by atoms with Gasteiger partial charge in [-0.1, -0.05) is 24.3 Å². The summed E-state index contributed by atoms with van der Waals surface area (Å²) >= 11 is 0. The molecule has 0 aliphatic carbocycles. The topological polar surface area (TPSA) is 64.2 Å². The maximum atomic E-state index is 12.2. The first kappa shape index (κ1) is 15.8. The van der Waals surface area contributed by atoms with Crippen molar-refractivity contribution < 1.29 is 9.47 Å². The molecule has 0 spiro atoms. The molecule has 0 fully saturated rings. The lowest BCUT2D eigenvalue weighted by molar-refractivity contribution is 0.310. The van der Waals surface area contributed by atoms with Crippen molar-refractivity contribution in [2.24, 2.45) is 0 Å². The van der Waals surface area contributed by atoms with Crippen molar-refractivity contribution in [2.75, 3.05) is 13.7 Å². The summed E-state index contributed by atoms with van der Waals surface area (Å²) in [5, 5.41) is 0. The van der Waals surface area contributed by atoms with Gasteiger partial charge in [0.05, 0.1) is 24.8 Å². The van der Waals surface area contributed by atoms with Crippen LogP contribution >= 0.6 is 0 Å². The number of ether oxygens (including phenoxy) is 2. The summed E-state index contributed by atoms with van der Waals surface area (Å²) in [5.74, 6) is 1.30. The molecule has 24 heavy (non-hydrogen) atoms. The third-order valence-corrected chi connectivity index (χ3v) is 3.56. The maximum Gasteiger partial charge on any atom is 0.274 e. The maximum absolute atomic E-state index is 12.2. The number of benzene rings is 2. The van der Waals surface area contributed by atoms with Crippen molar-refractivity contribution in [2.45, 2.75) is 6.92 Å². The molecule has 0 unspecified atom stereocenters. The zero-order valence-electron chi connectivity index (χ0n) is 13.6. The Morgan fingerprint density at radius 1 is 1.12 bits per heavy atom. The molecule has 0 amide bonds. The minimum Gasteiger partial charge on any atom is -0.492 e. The van der Waals surface area contributed by atoms with Gasteiger partial charge in [0.2, 0.25) is 0 Å². The van der Waals surface area contributed by atoms with E-state index < -0.39 is 0 Å². The minimum atomic E-state index is -0.232. The van der Waals surface area contributed by atoms with E-state index in [0.717, 1.165) is 16.6 Å². The van der Waals surface area contributed by atoms with E-state index in [1.165, 1.54) is 0 Å².